The quantitative estimate of drug-likeness (QED) is 0.292. The van der Waals surface area contributed by atoms with Gasteiger partial charge in [0.05, 0.1) is 17.5 Å². The van der Waals surface area contributed by atoms with Gasteiger partial charge in [-0.25, -0.2) is 13.4 Å². The summed E-state index contributed by atoms with van der Waals surface area (Å²) in [4.78, 5) is 11.3. The largest absolute Gasteiger partial charge is 0.418 e. The lowest BCUT2D eigenvalue weighted by atomic mass is 9.99. The van der Waals surface area contributed by atoms with E-state index in [0.29, 0.717) is 39.0 Å². The minimum Gasteiger partial charge on any atom is -0.418 e. The van der Waals surface area contributed by atoms with Crippen LogP contribution in [-0.2, 0) is 26.4 Å². The van der Waals surface area contributed by atoms with Crippen molar-refractivity contribution in [1.82, 2.24) is 19.6 Å². The van der Waals surface area contributed by atoms with Gasteiger partial charge in [0.15, 0.2) is 14.0 Å². The van der Waals surface area contributed by atoms with Gasteiger partial charge < -0.3 is 14.6 Å². The van der Waals surface area contributed by atoms with Crippen molar-refractivity contribution >= 4 is 45.3 Å². The summed E-state index contributed by atoms with van der Waals surface area (Å²) in [6.07, 6.45) is 8.00. The number of piperidine rings is 1. The number of hydrogen-bond donors (Lipinski definition) is 1. The molecule has 0 amide bonds. The van der Waals surface area contributed by atoms with E-state index in [1.165, 1.54) is 0 Å². The molecular formula is C24H35ClN6O3SSi. The monoisotopic (exact) mass is 550 g/mol. The van der Waals surface area contributed by atoms with Gasteiger partial charge >= 0.3 is 0 Å². The summed E-state index contributed by atoms with van der Waals surface area (Å²) in [5, 5.41) is 7.35. The van der Waals surface area contributed by atoms with Crippen molar-refractivity contribution in [2.24, 2.45) is 0 Å². The van der Waals surface area contributed by atoms with E-state index < -0.39 is 22.6 Å². The van der Waals surface area contributed by atoms with E-state index in [1.807, 2.05) is 35.1 Å². The zero-order valence-electron chi connectivity index (χ0n) is 21.3. The van der Waals surface area contributed by atoms with Crippen LogP contribution in [0, 0.1) is 0 Å². The molecule has 2 unspecified atom stereocenters. The Balaban J connectivity index is 1.71. The first kappa shape index (κ1) is 26.8. The summed E-state index contributed by atoms with van der Waals surface area (Å²) in [6.45, 7) is 10.2. The Hall–Kier alpha value is -2.21. The molecule has 0 saturated carbocycles. The van der Waals surface area contributed by atoms with Crippen molar-refractivity contribution in [1.29, 1.82) is 0 Å². The minimum absolute atomic E-state index is 0.327. The Morgan fingerprint density at radius 1 is 1.28 bits per heavy atom. The maximum Gasteiger partial charge on any atom is 0.237 e. The van der Waals surface area contributed by atoms with Gasteiger partial charge in [0.1, 0.15) is 11.6 Å². The van der Waals surface area contributed by atoms with Gasteiger partial charge in [0.25, 0.3) is 0 Å². The first-order valence-electron chi connectivity index (χ1n) is 12.4. The van der Waals surface area contributed by atoms with E-state index in [4.69, 9.17) is 20.1 Å². The predicted molar refractivity (Wildman–Crippen MR) is 147 cm³/mol. The highest BCUT2D eigenvalue weighted by molar-refractivity contribution is 8.14. The smallest absolute Gasteiger partial charge is 0.237 e. The second-order valence-electron chi connectivity index (χ2n) is 10.1. The van der Waals surface area contributed by atoms with Crippen LogP contribution in [0.2, 0.25) is 19.6 Å². The Labute approximate surface area is 218 Å². The van der Waals surface area contributed by atoms with Crippen molar-refractivity contribution in [2.75, 3.05) is 23.4 Å². The predicted octanol–water partition coefficient (Wildman–Crippen LogP) is 4.45. The van der Waals surface area contributed by atoms with Crippen LogP contribution in [0.25, 0.3) is 5.65 Å². The maximum atomic E-state index is 12.6. The molecule has 0 spiro atoms. The molecule has 3 aromatic rings. The van der Waals surface area contributed by atoms with Crippen molar-refractivity contribution in [2.45, 2.75) is 70.1 Å². The zero-order valence-corrected chi connectivity index (χ0v) is 23.9. The van der Waals surface area contributed by atoms with Crippen molar-refractivity contribution in [3.05, 3.63) is 47.9 Å². The molecule has 4 heterocycles. The topological polar surface area (TPSA) is 102 Å². The second kappa shape index (κ2) is 11.0. The summed E-state index contributed by atoms with van der Waals surface area (Å²) < 4.78 is 33.1. The first-order valence-corrected chi connectivity index (χ1v) is 18.2. The molecule has 1 N–H and O–H groups in total. The van der Waals surface area contributed by atoms with Crippen molar-refractivity contribution < 1.29 is 12.8 Å². The lowest BCUT2D eigenvalue weighted by Crippen LogP contribution is -2.51. The third kappa shape index (κ3) is 6.37. The molecule has 2 atom stereocenters. The number of halogens is 1. The highest BCUT2D eigenvalue weighted by Gasteiger charge is 2.40. The molecule has 36 heavy (non-hydrogen) atoms. The molecule has 12 heteroatoms. The standard InChI is InChI=1S/C24H35ClN6O3SSi/c1-5-19-17-28-31-22(27-16-18-8-6-11-26-15-18)14-23(29-24(19)31)30-12-7-9-21(35(25,32)33)20(30)10-13-34-36(2,3)4/h6,8,11,14-15,17,20-21,27H,5,7,9-10,12-13,16H2,1-4H3. The maximum absolute atomic E-state index is 12.6. The minimum atomic E-state index is -3.76. The van der Waals surface area contributed by atoms with Crippen LogP contribution in [0.3, 0.4) is 0 Å². The summed E-state index contributed by atoms with van der Waals surface area (Å²) in [7, 11) is 0.453. The summed E-state index contributed by atoms with van der Waals surface area (Å²) in [5.41, 5.74) is 2.83. The molecule has 1 saturated heterocycles. The van der Waals surface area contributed by atoms with Crippen LogP contribution < -0.4 is 10.2 Å². The van der Waals surface area contributed by atoms with Crippen LogP contribution in [0.1, 0.15) is 37.3 Å². The SMILES string of the molecule is CCc1cnn2c(NCc3cccnc3)cc(N3CCCC(S(=O)(=O)Cl)C3CCO[Si](C)(C)C)nc12. The normalized spacial score (nSPS) is 19.1. The van der Waals surface area contributed by atoms with Gasteiger partial charge in [-0.2, -0.15) is 9.61 Å². The van der Waals surface area contributed by atoms with Gasteiger partial charge in [-0.15, -0.1) is 0 Å². The van der Waals surface area contributed by atoms with Crippen LogP contribution in [0.15, 0.2) is 36.8 Å². The van der Waals surface area contributed by atoms with E-state index in [9.17, 15) is 8.42 Å². The molecule has 196 valence electrons. The van der Waals surface area contributed by atoms with Gasteiger partial charge in [-0.05, 0) is 57.0 Å². The number of rotatable bonds is 10. The highest BCUT2D eigenvalue weighted by Crippen LogP contribution is 2.33. The molecule has 9 nitrogen and oxygen atoms in total. The Bertz CT molecular complexity index is 1280. The lowest BCUT2D eigenvalue weighted by molar-refractivity contribution is 0.277. The zero-order chi connectivity index (χ0) is 25.9. The molecule has 1 fully saturated rings. The number of aromatic nitrogens is 4. The number of pyridine rings is 1. The summed E-state index contributed by atoms with van der Waals surface area (Å²) in [6, 6.07) is 5.54. The van der Waals surface area contributed by atoms with E-state index in [1.54, 1.807) is 6.20 Å². The van der Waals surface area contributed by atoms with Crippen LogP contribution in [-0.4, -0.2) is 60.8 Å². The molecule has 0 bridgehead atoms. The van der Waals surface area contributed by atoms with Gasteiger partial charge in [0.2, 0.25) is 9.05 Å². The Morgan fingerprint density at radius 3 is 2.75 bits per heavy atom. The molecule has 0 aromatic carbocycles. The van der Waals surface area contributed by atoms with Crippen molar-refractivity contribution in [3.8, 4) is 0 Å². The first-order chi connectivity index (χ1) is 17.1. The summed E-state index contributed by atoms with van der Waals surface area (Å²) in [5.74, 6) is 1.50. The van der Waals surface area contributed by atoms with Crippen molar-refractivity contribution in [3.63, 3.8) is 0 Å². The third-order valence-electron chi connectivity index (χ3n) is 6.43. The lowest BCUT2D eigenvalue weighted by Gasteiger charge is -2.41. The Morgan fingerprint density at radius 2 is 2.08 bits per heavy atom. The Kier molecular flexibility index (Phi) is 8.23. The highest BCUT2D eigenvalue weighted by atomic mass is 35.7. The van der Waals surface area contributed by atoms with E-state index in [2.05, 4.69) is 46.9 Å². The summed E-state index contributed by atoms with van der Waals surface area (Å²) >= 11 is 0. The number of nitrogens with one attached hydrogen (secondary N) is 1. The van der Waals surface area contributed by atoms with Crippen LogP contribution in [0.5, 0.6) is 0 Å². The van der Waals surface area contributed by atoms with E-state index in [0.717, 1.165) is 34.8 Å². The second-order valence-corrected chi connectivity index (χ2v) is 17.5. The fourth-order valence-electron chi connectivity index (χ4n) is 4.68. The van der Waals surface area contributed by atoms with Gasteiger partial charge in [0, 0.05) is 54.4 Å². The molecule has 4 rings (SSSR count). The average molecular weight is 551 g/mol. The number of fused-ring (bicyclic) bond motifs is 1. The molecule has 0 radical (unpaired) electrons. The molecular weight excluding hydrogens is 516 g/mol. The molecule has 1 aliphatic rings. The fourth-order valence-corrected chi connectivity index (χ4v) is 7.14. The fraction of sp³-hybridized carbons (Fsp3) is 0.542. The molecule has 1 aliphatic heterocycles. The van der Waals surface area contributed by atoms with Crippen LogP contribution >= 0.6 is 10.7 Å². The number of anilines is 2. The number of aryl methyl sites for hydroxylation is 1. The average Bonchev–Trinajstić information content (AvgIpc) is 3.25. The molecule has 3 aromatic heterocycles. The molecule has 0 aliphatic carbocycles. The number of nitrogens with zero attached hydrogens (tertiary/aromatic N) is 5. The van der Waals surface area contributed by atoms with E-state index >= 15 is 0 Å². The van der Waals surface area contributed by atoms with E-state index in [-0.39, 0.29) is 6.04 Å². The third-order valence-corrected chi connectivity index (χ3v) is 9.46. The van der Waals surface area contributed by atoms with Gasteiger partial charge in [-0.3, -0.25) is 4.98 Å². The van der Waals surface area contributed by atoms with Crippen LogP contribution in [0.4, 0.5) is 11.6 Å². The number of hydrogen-bond acceptors (Lipinski definition) is 8. The van der Waals surface area contributed by atoms with Gasteiger partial charge in [-0.1, -0.05) is 13.0 Å².